The number of aliphatic hydroxyl groups is 2. The van der Waals surface area contributed by atoms with Crippen LogP contribution in [0.25, 0.3) is 10.9 Å². The monoisotopic (exact) mass is 1280 g/mol. The van der Waals surface area contributed by atoms with Crippen LogP contribution in [0.3, 0.4) is 0 Å². The fourth-order valence-corrected chi connectivity index (χ4v) is 9.84. The van der Waals surface area contributed by atoms with Gasteiger partial charge in [0.05, 0.1) is 25.2 Å². The minimum absolute atomic E-state index is 0.00403. The van der Waals surface area contributed by atoms with Gasteiger partial charge in [-0.15, -0.1) is 0 Å². The van der Waals surface area contributed by atoms with Crippen LogP contribution >= 0.6 is 0 Å². The molecule has 0 saturated heterocycles. The van der Waals surface area contributed by atoms with Crippen LogP contribution in [0.1, 0.15) is 97.3 Å². The molecule has 0 aliphatic carbocycles. The fourth-order valence-electron chi connectivity index (χ4n) is 9.84. The van der Waals surface area contributed by atoms with Crippen molar-refractivity contribution in [3.63, 3.8) is 0 Å². The van der Waals surface area contributed by atoms with E-state index in [1.807, 2.05) is 13.8 Å². The smallest absolute Gasteiger partial charge is 0.326 e. The quantitative estimate of drug-likeness (QED) is 0.0140. The molecular formula is C63H90N14O15. The molecule has 502 valence electrons. The Balaban J connectivity index is 1.71. The van der Waals surface area contributed by atoms with Gasteiger partial charge in [0, 0.05) is 42.9 Å². The number of benzene rings is 3. The number of rotatable bonds is 38. The summed E-state index contributed by atoms with van der Waals surface area (Å²) in [6.07, 6.45) is -1.54. The molecular weight excluding hydrogens is 1190 g/mol. The van der Waals surface area contributed by atoms with Gasteiger partial charge in [-0.25, -0.2) is 4.79 Å². The molecule has 4 rings (SSSR count). The number of aromatic nitrogens is 1. The van der Waals surface area contributed by atoms with E-state index >= 15 is 9.59 Å². The molecule has 20 N–H and O–H groups in total. The van der Waals surface area contributed by atoms with Gasteiger partial charge in [-0.1, -0.05) is 120 Å². The number of hydrogen-bond donors (Lipinski definition) is 17. The minimum atomic E-state index is -1.94. The maximum absolute atomic E-state index is 15.0. The number of aliphatic hydroxyl groups excluding tert-OH is 2. The lowest BCUT2D eigenvalue weighted by molar-refractivity contribution is -0.144. The van der Waals surface area contributed by atoms with Crippen molar-refractivity contribution in [1.82, 2.24) is 52.8 Å². The molecule has 9 amide bonds. The predicted octanol–water partition coefficient (Wildman–Crippen LogP) is -1.38. The number of aromatic amines is 1. The number of nitrogens with zero attached hydrogens (tertiary/aromatic N) is 1. The van der Waals surface area contributed by atoms with E-state index in [-0.39, 0.29) is 69.3 Å². The summed E-state index contributed by atoms with van der Waals surface area (Å²) in [6.45, 7) is 10.4. The molecule has 0 unspecified atom stereocenters. The fraction of sp³-hybridized carbons (Fsp3) is 0.492. The molecule has 0 spiro atoms. The number of fused-ring (bicyclic) bond motifs is 1. The standard InChI is InChI=1S/C63H90N14O15/c1-33(2)25-41(64)53(82)77-52(36(7)79)61(90)74-46(28-38-19-12-9-13-20-38)57(86)71-45(27-37-17-10-8-11-18-37)56(85)72-47(29-39-31-68-42-22-15-14-21-40(39)42)58(87)70-44(26-34(3)4)55(84)73-48(30-50(80)81)59(88)69-43(23-16-24-67-63(65)66)54(83)75-49(32-78)60(89)76-51(35(5)6)62(91)92/h8-15,17-22,31,33-36,41,43-49,51-52,68,78-79H,16,23-30,32,64H2,1-7H3,(H,69,88)(H,70,87)(H,71,86)(H,72,85)(H,73,84)(H,74,90)(H,75,83)(H,76,89)(H,77,82)(H,80,81)(H,91,92)(H4,65,66,67)/t36-,41+,43+,44+,45+,46+,47+,48+,49+,51+,52+/m1/s1. The highest BCUT2D eigenvalue weighted by Gasteiger charge is 2.38. The molecule has 3 aromatic carbocycles. The van der Waals surface area contributed by atoms with Crippen molar-refractivity contribution >= 4 is 82.0 Å². The first kappa shape index (κ1) is 75.0. The number of H-pyrrole nitrogens is 1. The first-order valence-electron chi connectivity index (χ1n) is 30.4. The van der Waals surface area contributed by atoms with Crippen molar-refractivity contribution in [2.75, 3.05) is 13.2 Å². The van der Waals surface area contributed by atoms with Gasteiger partial charge in [-0.05, 0) is 73.1 Å². The van der Waals surface area contributed by atoms with Crippen LogP contribution in [0.5, 0.6) is 0 Å². The lowest BCUT2D eigenvalue weighted by Crippen LogP contribution is -2.62. The maximum Gasteiger partial charge on any atom is 0.326 e. The Hall–Kier alpha value is -9.48. The molecule has 0 bridgehead atoms. The predicted molar refractivity (Wildman–Crippen MR) is 340 cm³/mol. The van der Waals surface area contributed by atoms with Crippen LogP contribution < -0.4 is 65.1 Å². The zero-order valence-electron chi connectivity index (χ0n) is 52.8. The molecule has 0 fully saturated rings. The molecule has 0 saturated carbocycles. The number of hydrogen-bond acceptors (Lipinski definition) is 15. The summed E-state index contributed by atoms with van der Waals surface area (Å²) < 4.78 is 0. The van der Waals surface area contributed by atoms with Crippen LogP contribution in [-0.2, 0) is 72.0 Å². The Morgan fingerprint density at radius 1 is 0.500 bits per heavy atom. The lowest BCUT2D eigenvalue weighted by atomic mass is 9.99. The number of carboxylic acids is 2. The normalized spacial score (nSPS) is 14.9. The summed E-state index contributed by atoms with van der Waals surface area (Å²) in [5, 5.41) is 63.9. The van der Waals surface area contributed by atoms with E-state index in [9.17, 15) is 63.6 Å². The lowest BCUT2D eigenvalue weighted by Gasteiger charge is -2.29. The van der Waals surface area contributed by atoms with Crippen LogP contribution in [0.4, 0.5) is 0 Å². The van der Waals surface area contributed by atoms with Gasteiger partial charge < -0.3 is 90.5 Å². The third-order valence-corrected chi connectivity index (χ3v) is 14.7. The van der Waals surface area contributed by atoms with Crippen molar-refractivity contribution in [3.05, 3.63) is 108 Å². The van der Waals surface area contributed by atoms with Gasteiger partial charge in [0.2, 0.25) is 53.2 Å². The Morgan fingerprint density at radius 3 is 1.43 bits per heavy atom. The van der Waals surface area contributed by atoms with Gasteiger partial charge in [-0.2, -0.15) is 0 Å². The highest BCUT2D eigenvalue weighted by Crippen LogP contribution is 2.20. The molecule has 92 heavy (non-hydrogen) atoms. The van der Waals surface area contributed by atoms with Crippen LogP contribution in [0.15, 0.2) is 96.1 Å². The van der Waals surface area contributed by atoms with Gasteiger partial charge in [0.1, 0.15) is 54.4 Å². The van der Waals surface area contributed by atoms with Gasteiger partial charge in [-0.3, -0.25) is 52.9 Å². The number of nitrogens with one attached hydrogen (secondary N) is 10. The van der Waals surface area contributed by atoms with Crippen LogP contribution in [0.2, 0.25) is 0 Å². The number of aliphatic imine (C=N–C) groups is 1. The Kier molecular flexibility index (Phi) is 30.2. The largest absolute Gasteiger partial charge is 0.481 e. The van der Waals surface area contributed by atoms with E-state index in [1.165, 1.54) is 20.8 Å². The molecule has 11 atom stereocenters. The van der Waals surface area contributed by atoms with Gasteiger partial charge >= 0.3 is 11.9 Å². The first-order chi connectivity index (χ1) is 43.5. The number of nitrogens with two attached hydrogens (primary N) is 3. The van der Waals surface area contributed by atoms with Crippen molar-refractivity contribution < 1.29 is 73.2 Å². The maximum atomic E-state index is 15.0. The van der Waals surface area contributed by atoms with Gasteiger partial charge in [0.15, 0.2) is 5.96 Å². The molecule has 29 nitrogen and oxygen atoms in total. The van der Waals surface area contributed by atoms with Gasteiger partial charge in [0.25, 0.3) is 0 Å². The summed E-state index contributed by atoms with van der Waals surface area (Å²) in [5.74, 6) is -13.0. The van der Waals surface area contributed by atoms with E-state index in [4.69, 9.17) is 17.2 Å². The topological polar surface area (TPSA) is 483 Å². The van der Waals surface area contributed by atoms with E-state index in [1.54, 1.807) is 105 Å². The summed E-state index contributed by atoms with van der Waals surface area (Å²) in [5.41, 5.74) is 19.4. The van der Waals surface area contributed by atoms with Crippen LogP contribution in [-0.4, -0.2) is 176 Å². The minimum Gasteiger partial charge on any atom is -0.481 e. The number of guanidine groups is 1. The third-order valence-electron chi connectivity index (χ3n) is 14.7. The van der Waals surface area contributed by atoms with E-state index < -0.39 is 151 Å². The second-order valence-corrected chi connectivity index (χ2v) is 23.8. The zero-order valence-corrected chi connectivity index (χ0v) is 52.8. The summed E-state index contributed by atoms with van der Waals surface area (Å²) in [6, 6.07) is 8.93. The average Bonchev–Trinajstić information content (AvgIpc) is 1.63. The summed E-state index contributed by atoms with van der Waals surface area (Å²) in [4.78, 5) is 159. The highest BCUT2D eigenvalue weighted by molar-refractivity contribution is 6.00. The van der Waals surface area contributed by atoms with Crippen molar-refractivity contribution in [2.24, 2.45) is 39.9 Å². The number of carbonyl (C=O) groups excluding carboxylic acids is 9. The molecule has 29 heteroatoms. The summed E-state index contributed by atoms with van der Waals surface area (Å²) in [7, 11) is 0. The third kappa shape index (κ3) is 24.7. The second kappa shape index (κ2) is 37.0. The van der Waals surface area contributed by atoms with Crippen molar-refractivity contribution in [3.8, 4) is 0 Å². The number of aliphatic carboxylic acids is 2. The average molecular weight is 1280 g/mol. The number of para-hydroxylation sites is 1. The molecule has 1 heterocycles. The van der Waals surface area contributed by atoms with Crippen molar-refractivity contribution in [1.29, 1.82) is 0 Å². The highest BCUT2D eigenvalue weighted by atomic mass is 16.4. The van der Waals surface area contributed by atoms with E-state index in [0.29, 0.717) is 27.6 Å². The van der Waals surface area contributed by atoms with Crippen molar-refractivity contribution in [2.45, 2.75) is 166 Å². The number of amides is 9. The zero-order chi connectivity index (χ0) is 68.4. The van der Waals surface area contributed by atoms with Crippen LogP contribution in [0, 0.1) is 17.8 Å². The molecule has 0 aliphatic heterocycles. The Morgan fingerprint density at radius 2 is 0.935 bits per heavy atom. The summed E-state index contributed by atoms with van der Waals surface area (Å²) >= 11 is 0. The SMILES string of the molecule is CC(C)C[C@H](NC(=O)[C@H](Cc1c[nH]c2ccccc12)NC(=O)[C@H](Cc1ccccc1)NC(=O)[C@H](Cc1ccccc1)NC(=O)[C@@H](NC(=O)[C@@H](N)CC(C)C)[C@@H](C)O)C(=O)N[C@@H](CC(=O)O)C(=O)N[C@@H](CCCN=C(N)N)C(=O)N[C@@H](CO)C(=O)N[C@H](C(=O)O)C(C)C. The Bertz CT molecular complexity index is 3170. The second-order valence-electron chi connectivity index (χ2n) is 23.8. The first-order valence-corrected chi connectivity index (χ1v) is 30.4. The molecule has 4 aromatic rings. The Labute approximate surface area is 533 Å². The number of carbonyl (C=O) groups is 11. The molecule has 1 aromatic heterocycles. The van der Waals surface area contributed by atoms with E-state index in [2.05, 4.69) is 57.8 Å². The van der Waals surface area contributed by atoms with E-state index in [0.717, 1.165) is 0 Å². The molecule has 0 radical (unpaired) electrons. The molecule has 0 aliphatic rings. The number of carboxylic acid groups (broad SMARTS) is 2.